The number of nitrogens with one attached hydrogen (secondary N) is 2. The van der Waals surface area contributed by atoms with Crippen LogP contribution in [-0.4, -0.2) is 34.4 Å². The number of para-hydroxylation sites is 1. The van der Waals surface area contributed by atoms with Gasteiger partial charge >= 0.3 is 0 Å². The van der Waals surface area contributed by atoms with Crippen molar-refractivity contribution in [1.82, 2.24) is 20.7 Å². The van der Waals surface area contributed by atoms with Gasteiger partial charge in [0.05, 0.1) is 12.0 Å². The number of fused-ring (bicyclic) bond motifs is 2. The van der Waals surface area contributed by atoms with Crippen LogP contribution in [0.3, 0.4) is 0 Å². The monoisotopic (exact) mass is 417 g/mol. The number of thioether (sulfide) groups is 1. The Bertz CT molecular complexity index is 1210. The highest BCUT2D eigenvalue weighted by Crippen LogP contribution is 2.37. The molecule has 7 nitrogen and oxygen atoms in total. The summed E-state index contributed by atoms with van der Waals surface area (Å²) in [6.07, 6.45) is 1.60. The van der Waals surface area contributed by atoms with Crippen LogP contribution in [0, 0.1) is 11.3 Å². The van der Waals surface area contributed by atoms with Gasteiger partial charge in [-0.3, -0.25) is 4.79 Å². The maximum absolute atomic E-state index is 13.4. The number of carbonyl (C=O) groups excluding carboxylic acids is 1. The van der Waals surface area contributed by atoms with E-state index in [1.165, 1.54) is 5.01 Å². The molecule has 0 saturated carbocycles. The first-order valence-corrected chi connectivity index (χ1v) is 10.8. The topological polar surface area (TPSA) is 94.2 Å². The molecule has 30 heavy (non-hydrogen) atoms. The Balaban J connectivity index is 1.57. The van der Waals surface area contributed by atoms with Crippen LogP contribution in [0.5, 0.6) is 0 Å². The molecule has 1 amide bonds. The fourth-order valence-electron chi connectivity index (χ4n) is 4.17. The number of hydrazine groups is 1. The molecule has 3 atom stereocenters. The molecule has 3 unspecified atom stereocenters. The zero-order valence-electron chi connectivity index (χ0n) is 16.4. The van der Waals surface area contributed by atoms with E-state index in [2.05, 4.69) is 21.8 Å². The quantitative estimate of drug-likeness (QED) is 0.632. The summed E-state index contributed by atoms with van der Waals surface area (Å²) < 4.78 is 5.94. The van der Waals surface area contributed by atoms with Crippen LogP contribution in [0.25, 0.3) is 16.7 Å². The van der Waals surface area contributed by atoms with E-state index in [0.717, 1.165) is 16.0 Å². The minimum absolute atomic E-state index is 0.205. The first-order valence-electron chi connectivity index (χ1n) is 9.58. The van der Waals surface area contributed by atoms with E-state index in [1.807, 2.05) is 61.7 Å². The summed E-state index contributed by atoms with van der Waals surface area (Å²) in [5.41, 5.74) is 6.49. The maximum Gasteiger partial charge on any atom is 0.277 e. The number of carbonyl (C=O) groups is 1. The molecule has 1 saturated heterocycles. The smallest absolute Gasteiger partial charge is 0.277 e. The number of aromatic nitrogens is 1. The van der Waals surface area contributed by atoms with Crippen LogP contribution in [0.2, 0.25) is 0 Å². The first kappa shape index (κ1) is 18.7. The Hall–Kier alpha value is -3.28. The van der Waals surface area contributed by atoms with Crippen LogP contribution in [0.1, 0.15) is 24.3 Å². The van der Waals surface area contributed by atoms with E-state index in [4.69, 9.17) is 4.42 Å². The van der Waals surface area contributed by atoms with Gasteiger partial charge in [-0.15, -0.1) is 11.8 Å². The van der Waals surface area contributed by atoms with Gasteiger partial charge in [0.15, 0.2) is 5.58 Å². The number of amides is 1. The zero-order chi connectivity index (χ0) is 20.8. The molecule has 1 aromatic heterocycles. The SMILES string of the molecule is CSc1cccc2oc(C3=C(C)NC4C(c5ccccc5)C(C#N)NN4C3=O)nc12. The second-order valence-corrected chi connectivity index (χ2v) is 8.11. The van der Waals surface area contributed by atoms with Crippen molar-refractivity contribution in [3.63, 3.8) is 0 Å². The molecule has 8 heteroatoms. The van der Waals surface area contributed by atoms with Crippen molar-refractivity contribution >= 4 is 34.3 Å². The predicted molar refractivity (Wildman–Crippen MR) is 114 cm³/mol. The molecule has 3 heterocycles. The fourth-order valence-corrected chi connectivity index (χ4v) is 4.73. The number of benzene rings is 2. The van der Waals surface area contributed by atoms with Gasteiger partial charge in [-0.25, -0.2) is 15.4 Å². The molecule has 2 aliphatic rings. The standard InChI is InChI=1S/C22H19N5O2S/c1-12-17(21-25-19-15(29-21)9-6-10-16(19)30-2)22(28)27-20(24-12)18(14(11-23)26-27)13-7-4-3-5-8-13/h3-10,14,18,20,24,26H,1-2H3. The average Bonchev–Trinajstić information content (AvgIpc) is 3.35. The summed E-state index contributed by atoms with van der Waals surface area (Å²) >= 11 is 1.58. The lowest BCUT2D eigenvalue weighted by molar-refractivity contribution is -0.130. The number of hydrogen-bond donors (Lipinski definition) is 2. The number of nitriles is 1. The van der Waals surface area contributed by atoms with E-state index in [1.54, 1.807) is 11.8 Å². The molecule has 2 aliphatic heterocycles. The first-order chi connectivity index (χ1) is 14.6. The molecule has 0 bridgehead atoms. The average molecular weight is 417 g/mol. The third-order valence-electron chi connectivity index (χ3n) is 5.57. The summed E-state index contributed by atoms with van der Waals surface area (Å²) in [7, 11) is 0. The van der Waals surface area contributed by atoms with E-state index < -0.39 is 6.04 Å². The van der Waals surface area contributed by atoms with Crippen LogP contribution in [0.4, 0.5) is 0 Å². The zero-order valence-corrected chi connectivity index (χ0v) is 17.2. The molecule has 0 spiro atoms. The molecule has 2 aromatic carbocycles. The number of allylic oxidation sites excluding steroid dienone is 1. The number of hydrogen-bond acceptors (Lipinski definition) is 7. The van der Waals surface area contributed by atoms with Crippen molar-refractivity contribution in [2.75, 3.05) is 6.26 Å². The van der Waals surface area contributed by atoms with E-state index in [9.17, 15) is 10.1 Å². The lowest BCUT2D eigenvalue weighted by atomic mass is 9.90. The Kier molecular flexibility index (Phi) is 4.50. The van der Waals surface area contributed by atoms with E-state index in [0.29, 0.717) is 16.9 Å². The van der Waals surface area contributed by atoms with Gasteiger partial charge in [0.1, 0.15) is 23.3 Å². The molecule has 2 N–H and O–H groups in total. The lowest BCUT2D eigenvalue weighted by Gasteiger charge is -2.34. The number of rotatable bonds is 3. The molecule has 0 aliphatic carbocycles. The van der Waals surface area contributed by atoms with Crippen molar-refractivity contribution < 1.29 is 9.21 Å². The Morgan fingerprint density at radius 3 is 2.73 bits per heavy atom. The van der Waals surface area contributed by atoms with Gasteiger partial charge in [0, 0.05) is 10.6 Å². The number of oxazole rings is 1. The molecular weight excluding hydrogens is 398 g/mol. The third kappa shape index (κ3) is 2.78. The van der Waals surface area contributed by atoms with E-state index >= 15 is 0 Å². The summed E-state index contributed by atoms with van der Waals surface area (Å²) in [5.74, 6) is -0.186. The van der Waals surface area contributed by atoms with Crippen molar-refractivity contribution in [2.45, 2.75) is 29.9 Å². The largest absolute Gasteiger partial charge is 0.436 e. The lowest BCUT2D eigenvalue weighted by Crippen LogP contribution is -2.54. The minimum Gasteiger partial charge on any atom is -0.436 e. The Labute approximate surface area is 177 Å². The molecule has 0 radical (unpaired) electrons. The predicted octanol–water partition coefficient (Wildman–Crippen LogP) is 3.23. The molecule has 150 valence electrons. The molecule has 1 fully saturated rings. The van der Waals surface area contributed by atoms with Gasteiger partial charge < -0.3 is 9.73 Å². The van der Waals surface area contributed by atoms with Crippen molar-refractivity contribution in [1.29, 1.82) is 5.26 Å². The van der Waals surface area contributed by atoms with Gasteiger partial charge in [0.2, 0.25) is 5.89 Å². The second-order valence-electron chi connectivity index (χ2n) is 7.26. The highest BCUT2D eigenvalue weighted by Gasteiger charge is 2.49. The van der Waals surface area contributed by atoms with Crippen LogP contribution >= 0.6 is 11.8 Å². The summed E-state index contributed by atoms with van der Waals surface area (Å²) in [4.78, 5) is 19.0. The van der Waals surface area contributed by atoms with Crippen molar-refractivity contribution in [3.8, 4) is 6.07 Å². The van der Waals surface area contributed by atoms with Gasteiger partial charge in [-0.2, -0.15) is 5.26 Å². The summed E-state index contributed by atoms with van der Waals surface area (Å²) in [6, 6.07) is 17.2. The van der Waals surface area contributed by atoms with Crippen LogP contribution < -0.4 is 10.7 Å². The summed E-state index contributed by atoms with van der Waals surface area (Å²) in [5, 5.41) is 14.6. The number of nitrogens with zero attached hydrogens (tertiary/aromatic N) is 3. The summed E-state index contributed by atoms with van der Waals surface area (Å²) in [6.45, 7) is 1.84. The van der Waals surface area contributed by atoms with Crippen molar-refractivity contribution in [2.24, 2.45) is 0 Å². The van der Waals surface area contributed by atoms with Gasteiger partial charge in [0.25, 0.3) is 5.91 Å². The van der Waals surface area contributed by atoms with Gasteiger partial charge in [-0.05, 0) is 30.9 Å². The van der Waals surface area contributed by atoms with Crippen LogP contribution in [0.15, 0.2) is 63.5 Å². The molecular formula is C22H19N5O2S. The van der Waals surface area contributed by atoms with Crippen molar-refractivity contribution in [3.05, 3.63) is 65.7 Å². The third-order valence-corrected chi connectivity index (χ3v) is 6.34. The van der Waals surface area contributed by atoms with Crippen LogP contribution in [-0.2, 0) is 4.79 Å². The van der Waals surface area contributed by atoms with E-state index in [-0.39, 0.29) is 23.9 Å². The second kappa shape index (κ2) is 7.20. The molecule has 5 rings (SSSR count). The van der Waals surface area contributed by atoms with Gasteiger partial charge in [-0.1, -0.05) is 36.4 Å². The fraction of sp³-hybridized carbons (Fsp3) is 0.227. The maximum atomic E-state index is 13.4. The highest BCUT2D eigenvalue weighted by atomic mass is 32.2. The molecule has 3 aromatic rings. The Morgan fingerprint density at radius 1 is 1.20 bits per heavy atom. The normalized spacial score (nSPS) is 23.4. The highest BCUT2D eigenvalue weighted by molar-refractivity contribution is 7.98. The minimum atomic E-state index is -0.535. The Morgan fingerprint density at radius 2 is 2.00 bits per heavy atom.